The lowest BCUT2D eigenvalue weighted by molar-refractivity contribution is 0.0958. The van der Waals surface area contributed by atoms with Crippen LogP contribution in [0.3, 0.4) is 0 Å². The van der Waals surface area contributed by atoms with E-state index in [0.717, 1.165) is 22.5 Å². The molecular formula is C19H17ClN4O2S. The number of amides is 1. The van der Waals surface area contributed by atoms with E-state index in [-0.39, 0.29) is 5.91 Å². The zero-order valence-corrected chi connectivity index (χ0v) is 16.1. The van der Waals surface area contributed by atoms with Crippen LogP contribution in [-0.4, -0.2) is 17.1 Å². The van der Waals surface area contributed by atoms with E-state index < -0.39 is 0 Å². The van der Waals surface area contributed by atoms with Gasteiger partial charge in [0.1, 0.15) is 17.2 Å². The number of hydrazone groups is 1. The monoisotopic (exact) mass is 400 g/mol. The van der Waals surface area contributed by atoms with Gasteiger partial charge in [-0.2, -0.15) is 5.10 Å². The van der Waals surface area contributed by atoms with E-state index in [9.17, 15) is 4.79 Å². The van der Waals surface area contributed by atoms with Gasteiger partial charge in [-0.05, 0) is 30.7 Å². The Morgan fingerprint density at radius 2 is 2.15 bits per heavy atom. The van der Waals surface area contributed by atoms with Gasteiger partial charge in [0.25, 0.3) is 5.91 Å². The van der Waals surface area contributed by atoms with Crippen molar-refractivity contribution in [2.75, 3.05) is 5.73 Å². The van der Waals surface area contributed by atoms with Crippen LogP contribution in [0.1, 0.15) is 26.5 Å². The second-order valence-corrected chi connectivity index (χ2v) is 7.06. The number of hydrogen-bond acceptors (Lipinski definition) is 6. The quantitative estimate of drug-likeness (QED) is 0.483. The van der Waals surface area contributed by atoms with E-state index in [1.54, 1.807) is 13.1 Å². The van der Waals surface area contributed by atoms with Crippen molar-refractivity contribution in [3.8, 4) is 5.75 Å². The Bertz CT molecular complexity index is 987. The predicted octanol–water partition coefficient (Wildman–Crippen LogP) is 4.03. The van der Waals surface area contributed by atoms with Gasteiger partial charge in [0.15, 0.2) is 5.13 Å². The minimum absolute atomic E-state index is 0.343. The van der Waals surface area contributed by atoms with Crippen LogP contribution in [0.5, 0.6) is 5.75 Å². The molecule has 27 heavy (non-hydrogen) atoms. The molecule has 1 amide bonds. The maximum Gasteiger partial charge on any atom is 0.283 e. The first kappa shape index (κ1) is 18.9. The number of thiazole rings is 1. The Morgan fingerprint density at radius 1 is 1.33 bits per heavy atom. The van der Waals surface area contributed by atoms with Crippen molar-refractivity contribution in [3.05, 3.63) is 75.3 Å². The zero-order valence-electron chi connectivity index (χ0n) is 14.5. The number of aryl methyl sites for hydroxylation is 1. The lowest BCUT2D eigenvalue weighted by Crippen LogP contribution is -2.17. The Labute approximate surface area is 165 Å². The molecular weight excluding hydrogens is 384 g/mol. The van der Waals surface area contributed by atoms with Gasteiger partial charge in [-0.25, -0.2) is 10.4 Å². The van der Waals surface area contributed by atoms with Crippen LogP contribution in [-0.2, 0) is 6.61 Å². The molecule has 0 fully saturated rings. The molecule has 1 heterocycles. The molecule has 3 rings (SSSR count). The van der Waals surface area contributed by atoms with Gasteiger partial charge >= 0.3 is 0 Å². The van der Waals surface area contributed by atoms with Crippen LogP contribution >= 0.6 is 22.9 Å². The number of benzene rings is 2. The fourth-order valence-electron chi connectivity index (χ4n) is 2.31. The Kier molecular flexibility index (Phi) is 6.05. The van der Waals surface area contributed by atoms with Gasteiger partial charge in [0, 0.05) is 10.6 Å². The van der Waals surface area contributed by atoms with Crippen LogP contribution in [0, 0.1) is 6.92 Å². The maximum absolute atomic E-state index is 12.1. The highest BCUT2D eigenvalue weighted by atomic mass is 35.5. The Hall–Kier alpha value is -2.90. The van der Waals surface area contributed by atoms with Crippen molar-refractivity contribution < 1.29 is 9.53 Å². The van der Waals surface area contributed by atoms with Crippen molar-refractivity contribution in [1.29, 1.82) is 0 Å². The average molecular weight is 401 g/mol. The number of nitrogen functional groups attached to an aromatic ring is 1. The van der Waals surface area contributed by atoms with Crippen LogP contribution in [0.25, 0.3) is 0 Å². The number of carbonyl (C=O) groups excluding carboxylic acids is 1. The van der Waals surface area contributed by atoms with E-state index in [2.05, 4.69) is 15.5 Å². The summed E-state index contributed by atoms with van der Waals surface area (Å²) in [6.45, 7) is 2.09. The summed E-state index contributed by atoms with van der Waals surface area (Å²) in [6, 6.07) is 14.9. The number of rotatable bonds is 6. The molecule has 3 aromatic rings. The Morgan fingerprint density at radius 3 is 2.89 bits per heavy atom. The van der Waals surface area contributed by atoms with Crippen molar-refractivity contribution in [2.24, 2.45) is 5.10 Å². The van der Waals surface area contributed by atoms with E-state index >= 15 is 0 Å². The lowest BCUT2D eigenvalue weighted by atomic mass is 10.2. The van der Waals surface area contributed by atoms with Gasteiger partial charge < -0.3 is 10.5 Å². The van der Waals surface area contributed by atoms with Gasteiger partial charge in [-0.1, -0.05) is 53.3 Å². The molecule has 0 bridgehead atoms. The molecule has 0 atom stereocenters. The highest BCUT2D eigenvalue weighted by Crippen LogP contribution is 2.20. The van der Waals surface area contributed by atoms with Crippen molar-refractivity contribution in [1.82, 2.24) is 10.4 Å². The number of hydrogen-bond donors (Lipinski definition) is 2. The number of carbonyl (C=O) groups is 1. The number of nitrogens with one attached hydrogen (secondary N) is 1. The minimum atomic E-state index is -0.343. The maximum atomic E-state index is 12.1. The lowest BCUT2D eigenvalue weighted by Gasteiger charge is -2.08. The highest BCUT2D eigenvalue weighted by Gasteiger charge is 2.13. The first-order valence-corrected chi connectivity index (χ1v) is 9.25. The number of nitrogens with zero attached hydrogens (tertiary/aromatic N) is 2. The third-order valence-electron chi connectivity index (χ3n) is 3.61. The minimum Gasteiger partial charge on any atom is -0.489 e. The van der Waals surface area contributed by atoms with E-state index in [1.807, 2.05) is 48.5 Å². The standard InChI is InChI=1S/C19H17ClN4O2S/c1-12-17(27-19(21)23-12)18(25)24-22-10-13-5-4-7-15(9-13)26-11-14-6-2-3-8-16(14)20/h2-10H,11H2,1H3,(H2,21,23)(H,24,25). The summed E-state index contributed by atoms with van der Waals surface area (Å²) in [7, 11) is 0. The molecule has 0 aliphatic rings. The van der Waals surface area contributed by atoms with Crippen LogP contribution < -0.4 is 15.9 Å². The molecule has 0 aliphatic heterocycles. The topological polar surface area (TPSA) is 89.6 Å². The summed E-state index contributed by atoms with van der Waals surface area (Å²) in [5.41, 5.74) is 10.3. The predicted molar refractivity (Wildman–Crippen MR) is 109 cm³/mol. The van der Waals surface area contributed by atoms with Crippen LogP contribution in [0.4, 0.5) is 5.13 Å². The number of nitrogens with two attached hydrogens (primary N) is 1. The molecule has 1 aromatic heterocycles. The number of anilines is 1. The van der Waals surface area contributed by atoms with Crippen molar-refractivity contribution in [2.45, 2.75) is 13.5 Å². The number of aromatic nitrogens is 1. The highest BCUT2D eigenvalue weighted by molar-refractivity contribution is 7.17. The molecule has 0 spiro atoms. The summed E-state index contributed by atoms with van der Waals surface area (Å²) in [4.78, 5) is 16.5. The first-order valence-electron chi connectivity index (χ1n) is 8.05. The molecule has 2 aromatic carbocycles. The molecule has 0 radical (unpaired) electrons. The second-order valence-electron chi connectivity index (χ2n) is 5.62. The molecule has 0 saturated carbocycles. The fraction of sp³-hybridized carbons (Fsp3) is 0.105. The summed E-state index contributed by atoms with van der Waals surface area (Å²) >= 11 is 7.26. The molecule has 0 aliphatic carbocycles. The Balaban J connectivity index is 1.60. The second kappa shape index (κ2) is 8.66. The molecule has 138 valence electrons. The largest absolute Gasteiger partial charge is 0.489 e. The smallest absolute Gasteiger partial charge is 0.283 e. The summed E-state index contributed by atoms with van der Waals surface area (Å²) in [6.07, 6.45) is 1.54. The first-order chi connectivity index (χ1) is 13.0. The molecule has 0 unspecified atom stereocenters. The van der Waals surface area contributed by atoms with Crippen molar-refractivity contribution in [3.63, 3.8) is 0 Å². The normalized spacial score (nSPS) is 10.9. The molecule has 8 heteroatoms. The van der Waals surface area contributed by atoms with E-state index in [0.29, 0.717) is 33.1 Å². The summed E-state index contributed by atoms with van der Waals surface area (Å²) in [5.74, 6) is 0.334. The van der Waals surface area contributed by atoms with Gasteiger partial charge in [0.2, 0.25) is 0 Å². The third-order valence-corrected chi connectivity index (χ3v) is 4.96. The number of halogens is 1. The molecule has 3 N–H and O–H groups in total. The summed E-state index contributed by atoms with van der Waals surface area (Å²) in [5, 5.41) is 4.99. The summed E-state index contributed by atoms with van der Waals surface area (Å²) < 4.78 is 5.77. The fourth-order valence-corrected chi connectivity index (χ4v) is 3.22. The van der Waals surface area contributed by atoms with Crippen molar-refractivity contribution >= 4 is 40.2 Å². The van der Waals surface area contributed by atoms with Gasteiger partial charge in [-0.15, -0.1) is 0 Å². The van der Waals surface area contributed by atoms with Crippen LogP contribution in [0.2, 0.25) is 5.02 Å². The SMILES string of the molecule is Cc1nc(N)sc1C(=O)NN=Cc1cccc(OCc2ccccc2Cl)c1. The van der Waals surface area contributed by atoms with E-state index in [1.165, 1.54) is 0 Å². The molecule has 0 saturated heterocycles. The zero-order chi connectivity index (χ0) is 19.2. The third kappa shape index (κ3) is 5.06. The van der Waals surface area contributed by atoms with Gasteiger partial charge in [0.05, 0.1) is 11.9 Å². The van der Waals surface area contributed by atoms with Gasteiger partial charge in [-0.3, -0.25) is 4.79 Å². The average Bonchev–Trinajstić information content (AvgIpc) is 3.00. The number of ether oxygens (including phenoxy) is 1. The van der Waals surface area contributed by atoms with E-state index in [4.69, 9.17) is 22.1 Å². The van der Waals surface area contributed by atoms with Crippen LogP contribution in [0.15, 0.2) is 53.6 Å². The molecule has 6 nitrogen and oxygen atoms in total.